The summed E-state index contributed by atoms with van der Waals surface area (Å²) in [4.78, 5) is 39.5. The summed E-state index contributed by atoms with van der Waals surface area (Å²) in [5.41, 5.74) is 1.78. The van der Waals surface area contributed by atoms with E-state index in [9.17, 15) is 14.4 Å². The van der Waals surface area contributed by atoms with Crippen molar-refractivity contribution in [3.8, 4) is 11.5 Å². The van der Waals surface area contributed by atoms with Crippen molar-refractivity contribution in [1.82, 2.24) is 4.90 Å². The fourth-order valence-corrected chi connectivity index (χ4v) is 5.28. The summed E-state index contributed by atoms with van der Waals surface area (Å²) in [5.74, 6) is -0.384. The predicted octanol–water partition coefficient (Wildman–Crippen LogP) is 7.17. The molecule has 1 saturated heterocycles. The Balaban J connectivity index is 1.56. The number of carbonyl (C=O) groups is 3. The third kappa shape index (κ3) is 6.08. The Kier molecular flexibility index (Phi) is 8.20. The fraction of sp³-hybridized carbons (Fsp3) is 0.0800. The van der Waals surface area contributed by atoms with Crippen LogP contribution in [0.15, 0.2) is 70.0 Å². The molecule has 2 amide bonds. The fourth-order valence-electron chi connectivity index (χ4n) is 3.25. The highest BCUT2D eigenvalue weighted by atomic mass is 127. The molecule has 0 atom stereocenters. The molecule has 35 heavy (non-hydrogen) atoms. The highest BCUT2D eigenvalue weighted by molar-refractivity contribution is 14.1. The van der Waals surface area contributed by atoms with Crippen LogP contribution in [-0.2, 0) is 11.3 Å². The average Bonchev–Trinajstić information content (AvgIpc) is 3.09. The molecular formula is C25H16BrClINO5S. The Morgan fingerprint density at radius 2 is 1.89 bits per heavy atom. The number of amides is 2. The van der Waals surface area contributed by atoms with Crippen molar-refractivity contribution in [3.05, 3.63) is 95.3 Å². The highest BCUT2D eigenvalue weighted by Crippen LogP contribution is 2.38. The summed E-state index contributed by atoms with van der Waals surface area (Å²) in [6.07, 6.45) is 1.62. The molecule has 0 radical (unpaired) electrons. The van der Waals surface area contributed by atoms with E-state index in [4.69, 9.17) is 21.1 Å². The van der Waals surface area contributed by atoms with E-state index in [0.717, 1.165) is 21.8 Å². The van der Waals surface area contributed by atoms with Crippen LogP contribution in [0.3, 0.4) is 0 Å². The Bertz CT molecular complexity index is 1360. The number of ether oxygens (including phenoxy) is 2. The first-order chi connectivity index (χ1) is 16.7. The van der Waals surface area contributed by atoms with Crippen LogP contribution in [0.4, 0.5) is 4.79 Å². The van der Waals surface area contributed by atoms with Crippen molar-refractivity contribution in [2.45, 2.75) is 6.54 Å². The molecule has 0 aromatic heterocycles. The normalized spacial score (nSPS) is 14.5. The number of hydrogen-bond acceptors (Lipinski definition) is 6. The first-order valence-electron chi connectivity index (χ1n) is 10.1. The average molecular weight is 685 g/mol. The summed E-state index contributed by atoms with van der Waals surface area (Å²) < 4.78 is 12.5. The number of nitrogens with zero attached hydrogens (tertiary/aromatic N) is 1. The molecule has 3 aromatic carbocycles. The second-order valence-corrected chi connectivity index (χ2v) is 10.8. The lowest BCUT2D eigenvalue weighted by Crippen LogP contribution is -2.27. The molecule has 0 bridgehead atoms. The number of benzene rings is 3. The molecule has 1 aliphatic heterocycles. The SMILES string of the molecule is COc1cc(/C=C2\SC(=O)N(Cc3ccc(Br)cc3)C2=O)cc(I)c1OC(=O)c1cccc(Cl)c1. The maximum absolute atomic E-state index is 12.9. The van der Waals surface area contributed by atoms with Gasteiger partial charge in [0.1, 0.15) is 0 Å². The van der Waals surface area contributed by atoms with Crippen molar-refractivity contribution < 1.29 is 23.9 Å². The van der Waals surface area contributed by atoms with Gasteiger partial charge in [-0.05, 0) is 94.0 Å². The van der Waals surface area contributed by atoms with Gasteiger partial charge in [0.25, 0.3) is 11.1 Å². The number of imide groups is 1. The molecule has 0 N–H and O–H groups in total. The van der Waals surface area contributed by atoms with Crippen LogP contribution in [0.1, 0.15) is 21.5 Å². The van der Waals surface area contributed by atoms with E-state index in [-0.39, 0.29) is 23.4 Å². The van der Waals surface area contributed by atoms with Crippen LogP contribution in [0, 0.1) is 3.57 Å². The van der Waals surface area contributed by atoms with Crippen LogP contribution in [0.5, 0.6) is 11.5 Å². The minimum atomic E-state index is -0.578. The molecule has 4 rings (SSSR count). The standard InChI is InChI=1S/C25H16BrClINO5S/c1-33-20-10-15(9-19(28)22(20)34-24(31)16-3-2-4-18(27)12-16)11-21-23(30)29(25(32)35-21)13-14-5-7-17(26)8-6-14/h2-12H,13H2,1H3/b21-11-. The number of esters is 1. The number of thioether (sulfide) groups is 1. The number of hydrogen-bond donors (Lipinski definition) is 0. The molecule has 3 aromatic rings. The van der Waals surface area contributed by atoms with Crippen molar-refractivity contribution in [3.63, 3.8) is 0 Å². The maximum Gasteiger partial charge on any atom is 0.343 e. The first kappa shape index (κ1) is 25.7. The van der Waals surface area contributed by atoms with Gasteiger partial charge in [-0.1, -0.05) is 45.7 Å². The van der Waals surface area contributed by atoms with Crippen molar-refractivity contribution in [2.24, 2.45) is 0 Å². The molecule has 0 spiro atoms. The Morgan fingerprint density at radius 3 is 2.57 bits per heavy atom. The third-order valence-corrected chi connectivity index (χ3v) is 7.40. The van der Waals surface area contributed by atoms with Gasteiger partial charge < -0.3 is 9.47 Å². The van der Waals surface area contributed by atoms with Crippen molar-refractivity contribution in [1.29, 1.82) is 0 Å². The molecule has 1 aliphatic rings. The summed E-state index contributed by atoms with van der Waals surface area (Å²) in [7, 11) is 1.46. The molecule has 6 nitrogen and oxygen atoms in total. The lowest BCUT2D eigenvalue weighted by Gasteiger charge is -2.13. The molecule has 1 fully saturated rings. The number of halogens is 3. The van der Waals surface area contributed by atoms with Gasteiger partial charge in [-0.2, -0.15) is 0 Å². The second-order valence-electron chi connectivity index (χ2n) is 7.33. The maximum atomic E-state index is 12.9. The quantitative estimate of drug-likeness (QED) is 0.119. The number of carbonyl (C=O) groups excluding carboxylic acids is 3. The van der Waals surface area contributed by atoms with E-state index in [1.165, 1.54) is 18.1 Å². The highest BCUT2D eigenvalue weighted by Gasteiger charge is 2.35. The van der Waals surface area contributed by atoms with E-state index in [2.05, 4.69) is 15.9 Å². The first-order valence-corrected chi connectivity index (χ1v) is 13.2. The topological polar surface area (TPSA) is 72.9 Å². The van der Waals surface area contributed by atoms with Gasteiger partial charge in [0.05, 0.1) is 27.7 Å². The molecule has 0 unspecified atom stereocenters. The van der Waals surface area contributed by atoms with Crippen LogP contribution >= 0.6 is 61.9 Å². The van der Waals surface area contributed by atoms with Crippen molar-refractivity contribution in [2.75, 3.05) is 7.11 Å². The summed E-state index contributed by atoms with van der Waals surface area (Å²) in [5, 5.41) is 0.0865. The van der Waals surface area contributed by atoms with E-state index in [0.29, 0.717) is 30.4 Å². The lowest BCUT2D eigenvalue weighted by molar-refractivity contribution is -0.123. The predicted molar refractivity (Wildman–Crippen MR) is 148 cm³/mol. The minimum Gasteiger partial charge on any atom is -0.493 e. The van der Waals surface area contributed by atoms with E-state index in [1.807, 2.05) is 46.9 Å². The van der Waals surface area contributed by atoms with E-state index < -0.39 is 5.97 Å². The van der Waals surface area contributed by atoms with Crippen LogP contribution in [0.25, 0.3) is 6.08 Å². The zero-order valence-corrected chi connectivity index (χ0v) is 23.4. The molecule has 0 saturated carbocycles. The smallest absolute Gasteiger partial charge is 0.343 e. The van der Waals surface area contributed by atoms with E-state index in [1.54, 1.807) is 36.4 Å². The zero-order chi connectivity index (χ0) is 25.1. The van der Waals surface area contributed by atoms with E-state index >= 15 is 0 Å². The molecule has 1 heterocycles. The Hall–Kier alpha value is -2.34. The largest absolute Gasteiger partial charge is 0.493 e. The molecular weight excluding hydrogens is 669 g/mol. The number of rotatable bonds is 6. The monoisotopic (exact) mass is 683 g/mol. The summed E-state index contributed by atoms with van der Waals surface area (Å²) >= 11 is 12.2. The Labute approximate surface area is 232 Å². The minimum absolute atomic E-state index is 0.189. The van der Waals surface area contributed by atoms with Gasteiger partial charge >= 0.3 is 5.97 Å². The van der Waals surface area contributed by atoms with Gasteiger partial charge in [0.2, 0.25) is 0 Å². The van der Waals surface area contributed by atoms with Crippen molar-refractivity contribution >= 4 is 85.1 Å². The van der Waals surface area contributed by atoms with Crippen LogP contribution < -0.4 is 9.47 Å². The van der Waals surface area contributed by atoms with Gasteiger partial charge in [-0.15, -0.1) is 0 Å². The summed E-state index contributed by atoms with van der Waals surface area (Å²) in [6, 6.07) is 17.3. The van der Waals surface area contributed by atoms with Gasteiger partial charge in [-0.3, -0.25) is 14.5 Å². The number of methoxy groups -OCH3 is 1. The molecule has 10 heteroatoms. The third-order valence-electron chi connectivity index (χ3n) is 4.93. The molecule has 178 valence electrons. The summed E-state index contributed by atoms with van der Waals surface area (Å²) in [6.45, 7) is 0.189. The Morgan fingerprint density at radius 1 is 1.14 bits per heavy atom. The second kappa shape index (κ2) is 11.2. The van der Waals surface area contributed by atoms with Gasteiger partial charge in [0, 0.05) is 9.50 Å². The van der Waals surface area contributed by atoms with Crippen LogP contribution in [-0.4, -0.2) is 29.1 Å². The lowest BCUT2D eigenvalue weighted by atomic mass is 10.1. The van der Waals surface area contributed by atoms with Gasteiger partial charge in [-0.25, -0.2) is 4.79 Å². The van der Waals surface area contributed by atoms with Crippen LogP contribution in [0.2, 0.25) is 5.02 Å². The van der Waals surface area contributed by atoms with Gasteiger partial charge in [0.15, 0.2) is 11.5 Å². The zero-order valence-electron chi connectivity index (χ0n) is 18.1. The molecule has 0 aliphatic carbocycles.